The first-order chi connectivity index (χ1) is 6.97. The van der Waals surface area contributed by atoms with Crippen LogP contribution in [-0.4, -0.2) is 23.6 Å². The van der Waals surface area contributed by atoms with E-state index in [1.54, 1.807) is 32.2 Å². The number of amides is 1. The van der Waals surface area contributed by atoms with E-state index in [1.807, 2.05) is 0 Å². The van der Waals surface area contributed by atoms with Crippen LogP contribution in [-0.2, 0) is 9.53 Å². The van der Waals surface area contributed by atoms with E-state index in [0.717, 1.165) is 0 Å². The van der Waals surface area contributed by atoms with Crippen LogP contribution >= 0.6 is 0 Å². The maximum Gasteiger partial charge on any atom is 0.257 e. The third-order valence-corrected chi connectivity index (χ3v) is 2.13. The second-order valence-corrected chi connectivity index (χ2v) is 3.61. The lowest BCUT2D eigenvalue weighted by Crippen LogP contribution is -2.39. The van der Waals surface area contributed by atoms with Crippen molar-refractivity contribution in [2.45, 2.75) is 19.4 Å². The molecule has 0 aromatic carbocycles. The summed E-state index contributed by atoms with van der Waals surface area (Å²) in [4.78, 5) is 15.6. The van der Waals surface area contributed by atoms with Gasteiger partial charge in [-0.1, -0.05) is 0 Å². The van der Waals surface area contributed by atoms with Gasteiger partial charge in [-0.25, -0.2) is 4.98 Å². The number of carbonyl (C=O) groups excluding carboxylic acids is 1. The van der Waals surface area contributed by atoms with Gasteiger partial charge in [0.2, 0.25) is 0 Å². The molecule has 0 fully saturated rings. The van der Waals surface area contributed by atoms with E-state index in [0.29, 0.717) is 11.5 Å². The van der Waals surface area contributed by atoms with Gasteiger partial charge in [0.25, 0.3) is 5.91 Å². The van der Waals surface area contributed by atoms with Gasteiger partial charge in [-0.3, -0.25) is 4.79 Å². The molecule has 0 atom stereocenters. The molecular weight excluding hydrogens is 194 g/mol. The number of anilines is 2. The molecule has 1 aromatic rings. The van der Waals surface area contributed by atoms with Crippen molar-refractivity contribution in [2.24, 2.45) is 0 Å². The zero-order valence-electron chi connectivity index (χ0n) is 9.07. The van der Waals surface area contributed by atoms with Gasteiger partial charge in [-0.05, 0) is 26.0 Å². The minimum absolute atomic E-state index is 0.282. The fraction of sp³-hybridized carbons (Fsp3) is 0.400. The van der Waals surface area contributed by atoms with Crippen LogP contribution in [0, 0.1) is 0 Å². The second-order valence-electron chi connectivity index (χ2n) is 3.61. The van der Waals surface area contributed by atoms with Crippen LogP contribution in [0.5, 0.6) is 0 Å². The van der Waals surface area contributed by atoms with E-state index >= 15 is 0 Å². The van der Waals surface area contributed by atoms with Gasteiger partial charge in [0, 0.05) is 13.3 Å². The molecule has 1 rings (SSSR count). The number of aromatic nitrogens is 1. The minimum atomic E-state index is -0.899. The molecule has 5 nitrogen and oxygen atoms in total. The Morgan fingerprint density at radius 2 is 2.27 bits per heavy atom. The number of nitrogen functional groups attached to an aromatic ring is 1. The molecule has 1 amide bonds. The first-order valence-corrected chi connectivity index (χ1v) is 4.54. The number of nitrogens with two attached hydrogens (primary N) is 1. The van der Waals surface area contributed by atoms with E-state index in [-0.39, 0.29) is 5.91 Å². The Kier molecular flexibility index (Phi) is 3.26. The Balaban J connectivity index is 2.80. The van der Waals surface area contributed by atoms with Gasteiger partial charge in [0.1, 0.15) is 5.60 Å². The number of methoxy groups -OCH3 is 1. The van der Waals surface area contributed by atoms with Gasteiger partial charge >= 0.3 is 0 Å². The number of nitrogens with zero attached hydrogens (tertiary/aromatic N) is 1. The molecule has 0 aliphatic heterocycles. The van der Waals surface area contributed by atoms with Crippen LogP contribution in [0.1, 0.15) is 13.8 Å². The Labute approximate surface area is 88.6 Å². The van der Waals surface area contributed by atoms with E-state index in [2.05, 4.69) is 10.3 Å². The van der Waals surface area contributed by atoms with Crippen LogP contribution in [0.3, 0.4) is 0 Å². The Morgan fingerprint density at radius 3 is 2.80 bits per heavy atom. The largest absolute Gasteiger partial charge is 0.396 e. The molecular formula is C10H15N3O2. The highest BCUT2D eigenvalue weighted by Gasteiger charge is 2.27. The highest BCUT2D eigenvalue weighted by molar-refractivity contribution is 5.97. The smallest absolute Gasteiger partial charge is 0.257 e. The summed E-state index contributed by atoms with van der Waals surface area (Å²) in [6.07, 6.45) is 1.56. The number of pyridine rings is 1. The monoisotopic (exact) mass is 209 g/mol. The minimum Gasteiger partial charge on any atom is -0.396 e. The maximum absolute atomic E-state index is 11.7. The SMILES string of the molecule is COC(C)(C)C(=O)Nc1ncccc1N. The molecule has 0 aliphatic carbocycles. The van der Waals surface area contributed by atoms with Gasteiger partial charge in [0.15, 0.2) is 5.82 Å². The summed E-state index contributed by atoms with van der Waals surface area (Å²) < 4.78 is 5.03. The first kappa shape index (κ1) is 11.5. The molecule has 0 spiro atoms. The van der Waals surface area contributed by atoms with Gasteiger partial charge in [0.05, 0.1) is 5.69 Å². The zero-order chi connectivity index (χ0) is 11.5. The van der Waals surface area contributed by atoms with E-state index in [9.17, 15) is 4.79 Å². The number of hydrogen-bond acceptors (Lipinski definition) is 4. The average molecular weight is 209 g/mol. The molecule has 0 saturated carbocycles. The topological polar surface area (TPSA) is 77.2 Å². The third-order valence-electron chi connectivity index (χ3n) is 2.13. The molecule has 1 aromatic heterocycles. The fourth-order valence-electron chi connectivity index (χ4n) is 0.873. The second kappa shape index (κ2) is 4.27. The van der Waals surface area contributed by atoms with Crippen LogP contribution in [0.15, 0.2) is 18.3 Å². The summed E-state index contributed by atoms with van der Waals surface area (Å²) >= 11 is 0. The van der Waals surface area contributed by atoms with Gasteiger partial charge in [-0.2, -0.15) is 0 Å². The highest BCUT2D eigenvalue weighted by atomic mass is 16.5. The highest BCUT2D eigenvalue weighted by Crippen LogP contribution is 2.16. The number of rotatable bonds is 3. The summed E-state index contributed by atoms with van der Waals surface area (Å²) in [5.41, 5.74) is 5.17. The zero-order valence-corrected chi connectivity index (χ0v) is 9.07. The standard InChI is InChI=1S/C10H15N3O2/c1-10(2,15-3)9(14)13-8-7(11)5-4-6-12-8/h4-6H,11H2,1-3H3,(H,12,13,14). The van der Waals surface area contributed by atoms with E-state index in [1.165, 1.54) is 7.11 Å². The fourth-order valence-corrected chi connectivity index (χ4v) is 0.873. The van der Waals surface area contributed by atoms with Crippen molar-refractivity contribution in [2.75, 3.05) is 18.2 Å². The summed E-state index contributed by atoms with van der Waals surface area (Å²) in [5, 5.41) is 2.60. The lowest BCUT2D eigenvalue weighted by Gasteiger charge is -2.21. The molecule has 0 saturated heterocycles. The summed E-state index contributed by atoms with van der Waals surface area (Å²) in [6, 6.07) is 3.37. The van der Waals surface area contributed by atoms with Gasteiger partial charge < -0.3 is 15.8 Å². The average Bonchev–Trinajstić information content (AvgIpc) is 2.21. The van der Waals surface area contributed by atoms with Crippen LogP contribution in [0.25, 0.3) is 0 Å². The third kappa shape index (κ3) is 2.66. The lowest BCUT2D eigenvalue weighted by atomic mass is 10.1. The molecule has 0 unspecified atom stereocenters. The Bertz CT molecular complexity index is 363. The van der Waals surface area contributed by atoms with Crippen molar-refractivity contribution in [3.63, 3.8) is 0 Å². The van der Waals surface area contributed by atoms with Gasteiger partial charge in [-0.15, -0.1) is 0 Å². The normalized spacial score (nSPS) is 11.1. The van der Waals surface area contributed by atoms with Crippen molar-refractivity contribution in [1.82, 2.24) is 4.98 Å². The molecule has 0 aliphatic rings. The summed E-state index contributed by atoms with van der Waals surface area (Å²) in [7, 11) is 1.47. The lowest BCUT2D eigenvalue weighted by molar-refractivity contribution is -0.133. The van der Waals surface area contributed by atoms with E-state index in [4.69, 9.17) is 10.5 Å². The summed E-state index contributed by atoms with van der Waals surface area (Å²) in [5.74, 6) is 0.0722. The molecule has 0 bridgehead atoms. The molecule has 82 valence electrons. The Hall–Kier alpha value is -1.62. The van der Waals surface area contributed by atoms with Crippen molar-refractivity contribution in [3.8, 4) is 0 Å². The molecule has 3 N–H and O–H groups in total. The van der Waals surface area contributed by atoms with Crippen LogP contribution < -0.4 is 11.1 Å². The van der Waals surface area contributed by atoms with Crippen LogP contribution in [0.2, 0.25) is 0 Å². The predicted octanol–water partition coefficient (Wildman–Crippen LogP) is 1.03. The quantitative estimate of drug-likeness (QED) is 0.779. The van der Waals surface area contributed by atoms with Crippen LogP contribution in [0.4, 0.5) is 11.5 Å². The predicted molar refractivity (Wildman–Crippen MR) is 58.4 cm³/mol. The molecule has 0 radical (unpaired) electrons. The molecule has 15 heavy (non-hydrogen) atoms. The van der Waals surface area contributed by atoms with Crippen molar-refractivity contribution < 1.29 is 9.53 Å². The van der Waals surface area contributed by atoms with Crippen molar-refractivity contribution in [3.05, 3.63) is 18.3 Å². The molecule has 5 heteroatoms. The van der Waals surface area contributed by atoms with Crippen molar-refractivity contribution in [1.29, 1.82) is 0 Å². The van der Waals surface area contributed by atoms with Crippen molar-refractivity contribution >= 4 is 17.4 Å². The summed E-state index contributed by atoms with van der Waals surface area (Å²) in [6.45, 7) is 3.34. The number of nitrogens with one attached hydrogen (secondary N) is 1. The van der Waals surface area contributed by atoms with E-state index < -0.39 is 5.60 Å². The molecule has 1 heterocycles. The Morgan fingerprint density at radius 1 is 1.60 bits per heavy atom. The number of carbonyl (C=O) groups is 1. The maximum atomic E-state index is 11.7. The number of hydrogen-bond donors (Lipinski definition) is 2. The number of ether oxygens (including phenoxy) is 1. The first-order valence-electron chi connectivity index (χ1n) is 4.54.